The zero-order chi connectivity index (χ0) is 32.8. The third-order valence-corrected chi connectivity index (χ3v) is 7.98. The largest absolute Gasteiger partial charge is 0.445 e. The number of para-hydroxylation sites is 1. The van der Waals surface area contributed by atoms with E-state index >= 15 is 0 Å². The average Bonchev–Trinajstić information content (AvgIpc) is 3.06. The standard InChI is InChI=1S/C36H45N3O6/c1-6-23-44-35(42)38-22-21-27(24-31(40)33(37-5)26(4)7-2)34(41)39-45-32-16-12-11-15-30(32)36(43,28-13-9-8-10-14-28)29-19-17-25(3)18-20-29/h6,8-20,26-27,33,37,43H,1,7,21-24H2,2-5H3,(H,38,42)(H,39,41). The number of nitrogens with one attached hydrogen (secondary N) is 3. The zero-order valence-electron chi connectivity index (χ0n) is 26.5. The molecule has 9 heteroatoms. The highest BCUT2D eigenvalue weighted by Gasteiger charge is 2.37. The first-order valence-electron chi connectivity index (χ1n) is 15.3. The highest BCUT2D eigenvalue weighted by molar-refractivity contribution is 5.89. The number of amides is 2. The second kappa shape index (κ2) is 17.1. The van der Waals surface area contributed by atoms with Crippen molar-refractivity contribution in [2.45, 2.75) is 51.7 Å². The second-order valence-corrected chi connectivity index (χ2v) is 11.1. The van der Waals surface area contributed by atoms with Crippen LogP contribution in [0.1, 0.15) is 55.4 Å². The molecular formula is C36H45N3O6. The highest BCUT2D eigenvalue weighted by atomic mass is 16.7. The molecule has 3 aromatic carbocycles. The molecule has 0 fully saturated rings. The first-order chi connectivity index (χ1) is 21.6. The maximum absolute atomic E-state index is 13.6. The van der Waals surface area contributed by atoms with Crippen LogP contribution in [0.2, 0.25) is 0 Å². The molecule has 3 rings (SSSR count). The third kappa shape index (κ3) is 9.26. The van der Waals surface area contributed by atoms with Gasteiger partial charge in [0, 0.05) is 24.4 Å². The number of alkyl carbamates (subject to hydrolysis) is 1. The Labute approximate surface area is 266 Å². The van der Waals surface area contributed by atoms with Crippen LogP contribution in [0.4, 0.5) is 4.79 Å². The predicted octanol–water partition coefficient (Wildman–Crippen LogP) is 5.20. The van der Waals surface area contributed by atoms with Crippen LogP contribution in [0.3, 0.4) is 0 Å². The van der Waals surface area contributed by atoms with Crippen LogP contribution in [0, 0.1) is 18.8 Å². The Kier molecular flexibility index (Phi) is 13.3. The lowest BCUT2D eigenvalue weighted by molar-refractivity contribution is -0.135. The molecule has 0 aliphatic rings. The number of carbonyl (C=O) groups excluding carboxylic acids is 3. The Morgan fingerprint density at radius 3 is 2.27 bits per heavy atom. The highest BCUT2D eigenvalue weighted by Crippen LogP contribution is 2.41. The van der Waals surface area contributed by atoms with Gasteiger partial charge in [0.05, 0.1) is 6.04 Å². The van der Waals surface area contributed by atoms with Gasteiger partial charge in [-0.15, -0.1) is 0 Å². The number of likely N-dealkylation sites (N-methyl/N-ethyl adjacent to an activating group) is 1. The molecule has 2 amide bonds. The summed E-state index contributed by atoms with van der Waals surface area (Å²) in [5.41, 5.74) is 3.64. The van der Waals surface area contributed by atoms with E-state index in [-0.39, 0.29) is 43.4 Å². The number of hydroxylamine groups is 1. The maximum atomic E-state index is 13.6. The molecule has 4 N–H and O–H groups in total. The summed E-state index contributed by atoms with van der Waals surface area (Å²) < 4.78 is 4.95. The van der Waals surface area contributed by atoms with E-state index in [1.54, 1.807) is 31.3 Å². The van der Waals surface area contributed by atoms with Gasteiger partial charge in [0.15, 0.2) is 11.5 Å². The van der Waals surface area contributed by atoms with E-state index < -0.39 is 29.6 Å². The van der Waals surface area contributed by atoms with Gasteiger partial charge in [-0.05, 0) is 43.5 Å². The number of aliphatic hydroxyl groups is 1. The molecule has 0 bridgehead atoms. The number of benzene rings is 3. The van der Waals surface area contributed by atoms with E-state index in [1.165, 1.54) is 6.08 Å². The molecule has 0 heterocycles. The minimum absolute atomic E-state index is 0.0537. The molecule has 0 saturated heterocycles. The van der Waals surface area contributed by atoms with Crippen molar-refractivity contribution in [3.63, 3.8) is 0 Å². The van der Waals surface area contributed by atoms with E-state index in [0.717, 1.165) is 12.0 Å². The number of hydrogen-bond acceptors (Lipinski definition) is 7. The van der Waals surface area contributed by atoms with Crippen molar-refractivity contribution in [1.29, 1.82) is 0 Å². The molecular weight excluding hydrogens is 570 g/mol. The van der Waals surface area contributed by atoms with Crippen LogP contribution < -0.4 is 21.0 Å². The quantitative estimate of drug-likeness (QED) is 0.0934. The molecule has 0 aliphatic heterocycles. The summed E-state index contributed by atoms with van der Waals surface area (Å²) in [7, 11) is 1.73. The lowest BCUT2D eigenvalue weighted by Gasteiger charge is -2.31. The topological polar surface area (TPSA) is 126 Å². The van der Waals surface area contributed by atoms with Gasteiger partial charge in [0.2, 0.25) is 0 Å². The number of Topliss-reactive ketones (excluding diaryl/α,β-unsaturated/α-hetero) is 1. The van der Waals surface area contributed by atoms with E-state index in [4.69, 9.17) is 9.57 Å². The first-order valence-corrected chi connectivity index (χ1v) is 15.3. The summed E-state index contributed by atoms with van der Waals surface area (Å²) in [4.78, 5) is 44.7. The average molecular weight is 616 g/mol. The molecule has 0 radical (unpaired) electrons. The number of hydrogen-bond donors (Lipinski definition) is 4. The van der Waals surface area contributed by atoms with Crippen molar-refractivity contribution < 1.29 is 29.1 Å². The second-order valence-electron chi connectivity index (χ2n) is 11.1. The third-order valence-electron chi connectivity index (χ3n) is 7.98. The van der Waals surface area contributed by atoms with Crippen molar-refractivity contribution in [3.05, 3.63) is 114 Å². The normalized spacial score (nSPS) is 14.2. The molecule has 9 nitrogen and oxygen atoms in total. The Morgan fingerprint density at radius 1 is 0.978 bits per heavy atom. The Hall–Kier alpha value is -4.47. The van der Waals surface area contributed by atoms with Crippen LogP contribution in [0.5, 0.6) is 5.75 Å². The molecule has 240 valence electrons. The fourth-order valence-corrected chi connectivity index (χ4v) is 5.22. The Balaban J connectivity index is 1.87. The lowest BCUT2D eigenvalue weighted by Crippen LogP contribution is -2.43. The van der Waals surface area contributed by atoms with Crippen molar-refractivity contribution >= 4 is 17.8 Å². The number of carbonyl (C=O) groups is 3. The Morgan fingerprint density at radius 2 is 1.62 bits per heavy atom. The van der Waals surface area contributed by atoms with Gasteiger partial charge in [0.25, 0.3) is 5.91 Å². The minimum Gasteiger partial charge on any atom is -0.445 e. The van der Waals surface area contributed by atoms with E-state index in [1.807, 2.05) is 75.4 Å². The SMILES string of the molecule is C=CCOC(=O)NCCC(CC(=O)C(NC)C(C)CC)C(=O)NOc1ccccc1C(O)(c1ccccc1)c1ccc(C)cc1. The first kappa shape index (κ1) is 35.0. The Bertz CT molecular complexity index is 1410. The summed E-state index contributed by atoms with van der Waals surface area (Å²) in [6.07, 6.45) is 1.70. The fraction of sp³-hybridized carbons (Fsp3) is 0.361. The monoisotopic (exact) mass is 615 g/mol. The number of ether oxygens (including phenoxy) is 1. The van der Waals surface area contributed by atoms with Gasteiger partial charge >= 0.3 is 6.09 Å². The van der Waals surface area contributed by atoms with Gasteiger partial charge in [-0.3, -0.25) is 9.59 Å². The van der Waals surface area contributed by atoms with Crippen molar-refractivity contribution in [1.82, 2.24) is 16.1 Å². The maximum Gasteiger partial charge on any atom is 0.407 e. The van der Waals surface area contributed by atoms with Crippen LogP contribution in [0.15, 0.2) is 91.5 Å². The molecule has 4 atom stereocenters. The van der Waals surface area contributed by atoms with Crippen molar-refractivity contribution in [2.24, 2.45) is 11.8 Å². The van der Waals surface area contributed by atoms with Gasteiger partial charge < -0.3 is 25.3 Å². The van der Waals surface area contributed by atoms with Gasteiger partial charge in [-0.1, -0.05) is 111 Å². The number of rotatable bonds is 17. The molecule has 45 heavy (non-hydrogen) atoms. The van der Waals surface area contributed by atoms with Gasteiger partial charge in [-0.25, -0.2) is 4.79 Å². The van der Waals surface area contributed by atoms with Crippen LogP contribution in [-0.4, -0.2) is 49.1 Å². The van der Waals surface area contributed by atoms with E-state index in [2.05, 4.69) is 22.7 Å². The van der Waals surface area contributed by atoms with Crippen molar-refractivity contribution in [2.75, 3.05) is 20.2 Å². The smallest absolute Gasteiger partial charge is 0.407 e. The molecule has 4 unspecified atom stereocenters. The summed E-state index contributed by atoms with van der Waals surface area (Å²) >= 11 is 0. The predicted molar refractivity (Wildman–Crippen MR) is 175 cm³/mol. The zero-order valence-corrected chi connectivity index (χ0v) is 26.5. The van der Waals surface area contributed by atoms with Gasteiger partial charge in [-0.2, -0.15) is 5.48 Å². The molecule has 0 aromatic heterocycles. The summed E-state index contributed by atoms with van der Waals surface area (Å²) in [6.45, 7) is 9.63. The van der Waals surface area contributed by atoms with Gasteiger partial charge in [0.1, 0.15) is 12.2 Å². The molecule has 0 spiro atoms. The van der Waals surface area contributed by atoms with Crippen molar-refractivity contribution in [3.8, 4) is 5.75 Å². The molecule has 3 aromatic rings. The minimum atomic E-state index is -1.60. The fourth-order valence-electron chi connectivity index (χ4n) is 5.22. The number of aryl methyl sites for hydroxylation is 1. The lowest BCUT2D eigenvalue weighted by atomic mass is 9.80. The van der Waals surface area contributed by atoms with Crippen LogP contribution in [0.25, 0.3) is 0 Å². The summed E-state index contributed by atoms with van der Waals surface area (Å²) in [5.74, 6) is -1.15. The van der Waals surface area contributed by atoms with E-state index in [0.29, 0.717) is 16.7 Å². The summed E-state index contributed by atoms with van der Waals surface area (Å²) in [5, 5.41) is 18.1. The molecule has 0 aliphatic carbocycles. The molecule has 0 saturated carbocycles. The van der Waals surface area contributed by atoms with Crippen LogP contribution >= 0.6 is 0 Å². The van der Waals surface area contributed by atoms with E-state index in [9.17, 15) is 19.5 Å². The number of ketones is 1. The summed E-state index contributed by atoms with van der Waals surface area (Å²) in [6, 6.07) is 23.3. The van der Waals surface area contributed by atoms with Crippen LogP contribution in [-0.2, 0) is 19.9 Å².